The lowest BCUT2D eigenvalue weighted by molar-refractivity contribution is -0.0549. The highest BCUT2D eigenvalue weighted by molar-refractivity contribution is 14.1. The van der Waals surface area contributed by atoms with Crippen LogP contribution in [0.25, 0.3) is 22.3 Å². The summed E-state index contributed by atoms with van der Waals surface area (Å²) in [6.07, 6.45) is 2.30. The molecule has 3 aromatic rings. The van der Waals surface area contributed by atoms with Gasteiger partial charge in [0.2, 0.25) is 0 Å². The Morgan fingerprint density at radius 2 is 1.90 bits per heavy atom. The zero-order valence-electron chi connectivity index (χ0n) is 17.2. The number of benzene rings is 2. The van der Waals surface area contributed by atoms with Gasteiger partial charge in [-0.1, -0.05) is 24.3 Å². The zero-order valence-corrected chi connectivity index (χ0v) is 19.4. The zero-order chi connectivity index (χ0) is 21.5. The summed E-state index contributed by atoms with van der Waals surface area (Å²) in [6, 6.07) is 15.7. The number of hydrogen-bond donors (Lipinski definition) is 1. The van der Waals surface area contributed by atoms with E-state index in [4.69, 9.17) is 14.4 Å². The first-order chi connectivity index (χ1) is 14.2. The SMILES string of the molecule is CC(C)(C)NC(=O)OC1(c2ccc(-c3oc4ccc(C#N)cc4c3I)cc2)CCC1. The summed E-state index contributed by atoms with van der Waals surface area (Å²) in [7, 11) is 0. The lowest BCUT2D eigenvalue weighted by Crippen LogP contribution is -2.47. The molecule has 1 fully saturated rings. The number of carbonyl (C=O) groups excluding carboxylic acids is 1. The number of nitrogens with one attached hydrogen (secondary N) is 1. The van der Waals surface area contributed by atoms with E-state index in [1.165, 1.54) is 0 Å². The average molecular weight is 514 g/mol. The van der Waals surface area contributed by atoms with E-state index in [0.717, 1.165) is 50.7 Å². The molecule has 0 saturated heterocycles. The molecule has 1 aliphatic carbocycles. The first-order valence-corrected chi connectivity index (χ1v) is 11.0. The largest absolute Gasteiger partial charge is 0.455 e. The number of nitriles is 1. The van der Waals surface area contributed by atoms with Crippen LogP contribution in [0.15, 0.2) is 46.9 Å². The van der Waals surface area contributed by atoms with Crippen LogP contribution in [0, 0.1) is 14.9 Å². The molecule has 0 unspecified atom stereocenters. The van der Waals surface area contributed by atoms with Crippen molar-refractivity contribution >= 4 is 39.7 Å². The highest BCUT2D eigenvalue weighted by atomic mass is 127. The van der Waals surface area contributed by atoms with Gasteiger partial charge in [-0.15, -0.1) is 0 Å². The highest BCUT2D eigenvalue weighted by Gasteiger charge is 2.43. The molecule has 0 spiro atoms. The third kappa shape index (κ3) is 3.91. The summed E-state index contributed by atoms with van der Waals surface area (Å²) < 4.78 is 12.9. The van der Waals surface area contributed by atoms with Crippen molar-refractivity contribution in [2.24, 2.45) is 0 Å². The van der Waals surface area contributed by atoms with Gasteiger partial charge < -0.3 is 14.5 Å². The van der Waals surface area contributed by atoms with Crippen molar-refractivity contribution in [3.63, 3.8) is 0 Å². The summed E-state index contributed by atoms with van der Waals surface area (Å²) >= 11 is 2.26. The highest BCUT2D eigenvalue weighted by Crippen LogP contribution is 2.45. The van der Waals surface area contributed by atoms with Gasteiger partial charge in [-0.2, -0.15) is 5.26 Å². The van der Waals surface area contributed by atoms with E-state index in [1.54, 1.807) is 6.07 Å². The summed E-state index contributed by atoms with van der Waals surface area (Å²) in [4.78, 5) is 12.4. The molecule has 0 aliphatic heterocycles. The van der Waals surface area contributed by atoms with E-state index in [9.17, 15) is 4.79 Å². The summed E-state index contributed by atoms with van der Waals surface area (Å²) in [5.74, 6) is 0.779. The second-order valence-corrected chi connectivity index (χ2v) is 9.84. The van der Waals surface area contributed by atoms with Crippen LogP contribution in [-0.4, -0.2) is 11.6 Å². The molecule has 154 valence electrons. The summed E-state index contributed by atoms with van der Waals surface area (Å²) in [6.45, 7) is 5.81. The van der Waals surface area contributed by atoms with Crippen molar-refractivity contribution in [1.82, 2.24) is 5.32 Å². The number of amides is 1. The summed E-state index contributed by atoms with van der Waals surface area (Å²) in [5, 5.41) is 13.0. The molecule has 6 heteroatoms. The van der Waals surface area contributed by atoms with Gasteiger partial charge in [0.15, 0.2) is 0 Å². The molecule has 30 heavy (non-hydrogen) atoms. The number of rotatable bonds is 3. The molecule has 2 aromatic carbocycles. The molecular weight excluding hydrogens is 491 g/mol. The molecular formula is C24H23IN2O3. The van der Waals surface area contributed by atoms with Gasteiger partial charge in [0.25, 0.3) is 0 Å². The lowest BCUT2D eigenvalue weighted by Gasteiger charge is -2.42. The van der Waals surface area contributed by atoms with Crippen molar-refractivity contribution in [1.29, 1.82) is 5.26 Å². The monoisotopic (exact) mass is 514 g/mol. The summed E-state index contributed by atoms with van der Waals surface area (Å²) in [5.41, 5.74) is 2.42. The Hall–Kier alpha value is -2.53. The maximum atomic E-state index is 12.4. The van der Waals surface area contributed by atoms with E-state index in [-0.39, 0.29) is 11.6 Å². The Morgan fingerprint density at radius 1 is 1.20 bits per heavy atom. The molecule has 1 saturated carbocycles. The first kappa shape index (κ1) is 20.7. The predicted molar refractivity (Wildman–Crippen MR) is 124 cm³/mol. The Balaban J connectivity index is 1.61. The number of fused-ring (bicyclic) bond motifs is 1. The van der Waals surface area contributed by atoms with Crippen LogP contribution in [0.1, 0.15) is 51.2 Å². The second-order valence-electron chi connectivity index (χ2n) is 8.76. The van der Waals surface area contributed by atoms with Crippen molar-refractivity contribution in [3.05, 3.63) is 57.2 Å². The van der Waals surface area contributed by atoms with Crippen molar-refractivity contribution in [3.8, 4) is 17.4 Å². The molecule has 1 heterocycles. The Kier molecular flexibility index (Phi) is 5.27. The van der Waals surface area contributed by atoms with Gasteiger partial charge in [-0.05, 0) is 86.4 Å². The number of furan rings is 1. The van der Waals surface area contributed by atoms with Crippen LogP contribution in [0.4, 0.5) is 4.79 Å². The topological polar surface area (TPSA) is 75.3 Å². The lowest BCUT2D eigenvalue weighted by atomic mass is 9.74. The number of nitrogens with zero attached hydrogens (tertiary/aromatic N) is 1. The fourth-order valence-electron chi connectivity index (χ4n) is 3.70. The number of hydrogen-bond acceptors (Lipinski definition) is 4. The third-order valence-electron chi connectivity index (χ3n) is 5.36. The fourth-order valence-corrected chi connectivity index (χ4v) is 4.55. The maximum absolute atomic E-state index is 12.4. The van der Waals surface area contributed by atoms with Gasteiger partial charge in [0.1, 0.15) is 16.9 Å². The van der Waals surface area contributed by atoms with Gasteiger partial charge >= 0.3 is 6.09 Å². The molecule has 0 bridgehead atoms. The Bertz CT molecular complexity index is 1150. The molecule has 1 aromatic heterocycles. The molecule has 4 rings (SSSR count). The predicted octanol–water partition coefficient (Wildman–Crippen LogP) is 6.48. The number of carbonyl (C=O) groups is 1. The minimum Gasteiger partial charge on any atom is -0.455 e. The van der Waals surface area contributed by atoms with E-state index < -0.39 is 5.60 Å². The molecule has 5 nitrogen and oxygen atoms in total. The minimum absolute atomic E-state index is 0.338. The Labute approximate surface area is 189 Å². The van der Waals surface area contributed by atoms with Crippen molar-refractivity contribution in [2.75, 3.05) is 0 Å². The van der Waals surface area contributed by atoms with Crippen LogP contribution in [0.3, 0.4) is 0 Å². The van der Waals surface area contributed by atoms with Crippen LogP contribution < -0.4 is 5.32 Å². The quantitative estimate of drug-likeness (QED) is 0.406. The number of halogens is 1. The Morgan fingerprint density at radius 3 is 2.47 bits per heavy atom. The van der Waals surface area contributed by atoms with Gasteiger partial charge in [0.05, 0.1) is 15.2 Å². The molecule has 1 amide bonds. The van der Waals surface area contributed by atoms with Crippen LogP contribution in [0.5, 0.6) is 0 Å². The van der Waals surface area contributed by atoms with Crippen LogP contribution in [0.2, 0.25) is 0 Å². The standard InChI is InChI=1S/C24H23IN2O3/c1-23(2,3)27-22(28)30-24(11-4-12-24)17-8-6-16(7-9-17)21-20(25)18-13-15(14-26)5-10-19(18)29-21/h5-10,13H,4,11-12H2,1-3H3,(H,27,28). The van der Waals surface area contributed by atoms with Crippen molar-refractivity contribution in [2.45, 2.75) is 51.2 Å². The van der Waals surface area contributed by atoms with Gasteiger partial charge in [0, 0.05) is 16.5 Å². The van der Waals surface area contributed by atoms with E-state index in [2.05, 4.69) is 34.0 Å². The average Bonchev–Trinajstić information content (AvgIpc) is 2.99. The van der Waals surface area contributed by atoms with Gasteiger partial charge in [-0.25, -0.2) is 4.79 Å². The van der Waals surface area contributed by atoms with Crippen LogP contribution in [-0.2, 0) is 10.3 Å². The normalized spacial score (nSPS) is 15.3. The smallest absolute Gasteiger partial charge is 0.408 e. The van der Waals surface area contributed by atoms with Crippen LogP contribution >= 0.6 is 22.6 Å². The molecule has 1 aliphatic rings. The molecule has 1 N–H and O–H groups in total. The fraction of sp³-hybridized carbons (Fsp3) is 0.333. The minimum atomic E-state index is -0.559. The van der Waals surface area contributed by atoms with Crippen molar-refractivity contribution < 1.29 is 13.9 Å². The number of ether oxygens (including phenoxy) is 1. The third-order valence-corrected chi connectivity index (χ3v) is 6.43. The van der Waals surface area contributed by atoms with E-state index >= 15 is 0 Å². The second kappa shape index (κ2) is 7.62. The van der Waals surface area contributed by atoms with E-state index in [1.807, 2.05) is 57.2 Å². The molecule has 0 radical (unpaired) electrons. The maximum Gasteiger partial charge on any atom is 0.408 e. The van der Waals surface area contributed by atoms with Gasteiger partial charge in [-0.3, -0.25) is 0 Å². The van der Waals surface area contributed by atoms with E-state index in [0.29, 0.717) is 5.56 Å². The first-order valence-electron chi connectivity index (χ1n) is 9.95. The number of alkyl carbamates (subject to hydrolysis) is 1. The molecule has 0 atom stereocenters.